The van der Waals surface area contributed by atoms with E-state index in [1.165, 1.54) is 0 Å². The minimum Gasteiger partial charge on any atom is -0.462 e. The maximum Gasteiger partial charge on any atom is 0.490 e. The summed E-state index contributed by atoms with van der Waals surface area (Å²) in [6, 6.07) is 0. The number of rotatable bonds is 11. The molecule has 1 rings (SSSR count). The van der Waals surface area contributed by atoms with Gasteiger partial charge in [0.25, 0.3) is 0 Å². The molecule has 0 aliphatic carbocycles. The molecule has 0 spiro atoms. The molecule has 2 N–H and O–H groups in total. The van der Waals surface area contributed by atoms with Crippen LogP contribution in [0.5, 0.6) is 0 Å². The van der Waals surface area contributed by atoms with Gasteiger partial charge in [0.05, 0.1) is 12.2 Å². The molecule has 11 heteroatoms. The van der Waals surface area contributed by atoms with Gasteiger partial charge in [-0.1, -0.05) is 20.3 Å². The van der Waals surface area contributed by atoms with Crippen molar-refractivity contribution >= 4 is 17.9 Å². The van der Waals surface area contributed by atoms with Crippen molar-refractivity contribution < 1.29 is 41.8 Å². The molecule has 0 saturated carbocycles. The van der Waals surface area contributed by atoms with Crippen molar-refractivity contribution in [2.24, 2.45) is 0 Å². The van der Waals surface area contributed by atoms with Crippen molar-refractivity contribution in [3.63, 3.8) is 0 Å². The molecule has 1 unspecified atom stereocenters. The maximum atomic E-state index is 12.7. The summed E-state index contributed by atoms with van der Waals surface area (Å²) in [5.41, 5.74) is -0.0337. The number of ether oxygens (including phenoxy) is 3. The van der Waals surface area contributed by atoms with Gasteiger partial charge in [0.2, 0.25) is 0 Å². The van der Waals surface area contributed by atoms with Crippen LogP contribution in [-0.4, -0.2) is 47.5 Å². The van der Waals surface area contributed by atoms with E-state index in [9.17, 15) is 27.6 Å². The van der Waals surface area contributed by atoms with E-state index >= 15 is 0 Å². The molecule has 0 bridgehead atoms. The summed E-state index contributed by atoms with van der Waals surface area (Å²) in [6.07, 6.45) is -4.78. The predicted molar refractivity (Wildman–Crippen MR) is 114 cm³/mol. The van der Waals surface area contributed by atoms with Gasteiger partial charge in [0.15, 0.2) is 6.23 Å². The van der Waals surface area contributed by atoms with Crippen LogP contribution in [0.25, 0.3) is 0 Å². The topological polar surface area (TPSA) is 107 Å². The van der Waals surface area contributed by atoms with Crippen LogP contribution in [0.2, 0.25) is 0 Å². The normalized spacial score (nSPS) is 12.9. The van der Waals surface area contributed by atoms with Gasteiger partial charge in [-0.15, -0.1) is 0 Å². The van der Waals surface area contributed by atoms with E-state index in [1.54, 1.807) is 34.6 Å². The van der Waals surface area contributed by atoms with Crippen LogP contribution in [0.15, 0.2) is 0 Å². The second kappa shape index (κ2) is 12.1. The number of aromatic nitrogens is 1. The van der Waals surface area contributed by atoms with E-state index < -0.39 is 35.9 Å². The van der Waals surface area contributed by atoms with Gasteiger partial charge in [-0.2, -0.15) is 13.2 Å². The maximum absolute atomic E-state index is 12.7. The smallest absolute Gasteiger partial charge is 0.462 e. The second-order valence-electron chi connectivity index (χ2n) is 8.32. The van der Waals surface area contributed by atoms with E-state index in [1.807, 2.05) is 6.92 Å². The van der Waals surface area contributed by atoms with Crippen molar-refractivity contribution in [2.45, 2.75) is 91.8 Å². The molecule has 1 atom stereocenters. The van der Waals surface area contributed by atoms with Crippen LogP contribution >= 0.6 is 0 Å². The number of alkyl halides is 3. The minimum atomic E-state index is -5.13. The minimum absolute atomic E-state index is 0.0599. The van der Waals surface area contributed by atoms with Crippen LogP contribution in [0.3, 0.4) is 0 Å². The highest BCUT2D eigenvalue weighted by atomic mass is 19.4. The number of nitrogens with one attached hydrogen (secondary N) is 2. The summed E-state index contributed by atoms with van der Waals surface area (Å²) in [5.74, 6) is -3.67. The number of carbonyl (C=O) groups excluding carboxylic acids is 3. The highest BCUT2D eigenvalue weighted by Crippen LogP contribution is 2.25. The Bertz CT molecular complexity index is 827. The first-order chi connectivity index (χ1) is 15.2. The average Bonchev–Trinajstić information content (AvgIpc) is 3.06. The number of halogens is 3. The van der Waals surface area contributed by atoms with Crippen molar-refractivity contribution in [1.82, 2.24) is 10.3 Å². The third kappa shape index (κ3) is 8.71. The SMILES string of the molecule is CCCCC(NCc1[nH]c(C(=O)OC(C)(C)C)c(CC)c1C(=O)OCC)OC(=O)C(F)(F)F. The fourth-order valence-electron chi connectivity index (χ4n) is 3.04. The standard InChI is InChI=1S/C22H33F3N2O6/c1-7-10-11-15(32-20(30)22(23,24)25)26-12-14-16(18(28)31-9-3)13(8-2)17(27-14)19(29)33-21(4,5)6/h15,26-27H,7-12H2,1-6H3. The number of hydrogen-bond acceptors (Lipinski definition) is 7. The Balaban J connectivity index is 3.27. The van der Waals surface area contributed by atoms with E-state index in [0.717, 1.165) is 0 Å². The fourth-order valence-corrected chi connectivity index (χ4v) is 3.04. The van der Waals surface area contributed by atoms with E-state index in [2.05, 4.69) is 15.0 Å². The van der Waals surface area contributed by atoms with Crippen LogP contribution in [0.4, 0.5) is 13.2 Å². The summed E-state index contributed by atoms with van der Waals surface area (Å²) in [5, 5.41) is 2.73. The summed E-state index contributed by atoms with van der Waals surface area (Å²) in [6.45, 7) is 10.2. The molecule has 188 valence electrons. The molecule has 1 heterocycles. The Hall–Kier alpha value is -2.56. The monoisotopic (exact) mass is 478 g/mol. The van der Waals surface area contributed by atoms with Gasteiger partial charge >= 0.3 is 24.1 Å². The number of aromatic amines is 1. The number of esters is 3. The first kappa shape index (κ1) is 28.5. The molecule has 0 amide bonds. The van der Waals surface area contributed by atoms with Crippen LogP contribution in [-0.2, 0) is 32.0 Å². The Morgan fingerprint density at radius 3 is 2.18 bits per heavy atom. The van der Waals surface area contributed by atoms with E-state index in [4.69, 9.17) is 9.47 Å². The lowest BCUT2D eigenvalue weighted by Gasteiger charge is -2.20. The predicted octanol–water partition coefficient (Wildman–Crippen LogP) is 4.42. The average molecular weight is 479 g/mol. The zero-order valence-corrected chi connectivity index (χ0v) is 19.9. The number of carbonyl (C=O) groups is 3. The summed E-state index contributed by atoms with van der Waals surface area (Å²) >= 11 is 0. The van der Waals surface area contributed by atoms with Crippen molar-refractivity contribution in [3.05, 3.63) is 22.5 Å². The highest BCUT2D eigenvalue weighted by molar-refractivity contribution is 5.99. The van der Waals surface area contributed by atoms with Crippen molar-refractivity contribution in [2.75, 3.05) is 6.61 Å². The molecule has 0 fully saturated rings. The van der Waals surface area contributed by atoms with Crippen molar-refractivity contribution in [3.8, 4) is 0 Å². The largest absolute Gasteiger partial charge is 0.490 e. The molecule has 1 aromatic rings. The Morgan fingerprint density at radius 1 is 1.06 bits per heavy atom. The lowest BCUT2D eigenvalue weighted by molar-refractivity contribution is -0.206. The first-order valence-electron chi connectivity index (χ1n) is 10.9. The van der Waals surface area contributed by atoms with Crippen molar-refractivity contribution in [1.29, 1.82) is 0 Å². The highest BCUT2D eigenvalue weighted by Gasteiger charge is 2.42. The number of unbranched alkanes of at least 4 members (excludes halogenated alkanes) is 1. The van der Waals surface area contributed by atoms with Crippen LogP contribution in [0, 0.1) is 0 Å². The molecule has 0 radical (unpaired) electrons. The van der Waals surface area contributed by atoms with Gasteiger partial charge in [-0.25, -0.2) is 14.4 Å². The molecule has 0 saturated heterocycles. The van der Waals surface area contributed by atoms with Gasteiger partial charge in [-0.3, -0.25) is 5.32 Å². The summed E-state index contributed by atoms with van der Waals surface area (Å²) in [4.78, 5) is 39.5. The molecule has 8 nitrogen and oxygen atoms in total. The molecular weight excluding hydrogens is 445 g/mol. The van der Waals surface area contributed by atoms with E-state index in [0.29, 0.717) is 24.8 Å². The molecular formula is C22H33F3N2O6. The van der Waals surface area contributed by atoms with Crippen LogP contribution in [0.1, 0.15) is 92.9 Å². The van der Waals surface area contributed by atoms with Crippen LogP contribution < -0.4 is 5.32 Å². The number of H-pyrrole nitrogens is 1. The van der Waals surface area contributed by atoms with Gasteiger partial charge in [0, 0.05) is 12.2 Å². The molecule has 0 aliphatic heterocycles. The third-order valence-electron chi connectivity index (χ3n) is 4.42. The Kier molecular flexibility index (Phi) is 10.4. The zero-order chi connectivity index (χ0) is 25.4. The first-order valence-corrected chi connectivity index (χ1v) is 10.9. The zero-order valence-electron chi connectivity index (χ0n) is 19.9. The lowest BCUT2D eigenvalue weighted by atomic mass is 10.1. The van der Waals surface area contributed by atoms with Gasteiger partial charge < -0.3 is 19.2 Å². The Labute approximate surface area is 191 Å². The second-order valence-corrected chi connectivity index (χ2v) is 8.32. The molecule has 1 aromatic heterocycles. The molecule has 33 heavy (non-hydrogen) atoms. The molecule has 0 aliphatic rings. The number of hydrogen-bond donors (Lipinski definition) is 2. The fraction of sp³-hybridized carbons (Fsp3) is 0.682. The molecule has 0 aromatic carbocycles. The van der Waals surface area contributed by atoms with Gasteiger partial charge in [-0.05, 0) is 52.5 Å². The van der Waals surface area contributed by atoms with E-state index in [-0.39, 0.29) is 36.5 Å². The summed E-state index contributed by atoms with van der Waals surface area (Å²) < 4.78 is 53.0. The lowest BCUT2D eigenvalue weighted by Crippen LogP contribution is -2.38. The third-order valence-corrected chi connectivity index (χ3v) is 4.42. The summed E-state index contributed by atoms with van der Waals surface area (Å²) in [7, 11) is 0. The quantitative estimate of drug-likeness (QED) is 0.275. The Morgan fingerprint density at radius 2 is 1.70 bits per heavy atom. The van der Waals surface area contributed by atoms with Gasteiger partial charge in [0.1, 0.15) is 11.3 Å².